The van der Waals surface area contributed by atoms with Gasteiger partial charge < -0.3 is 9.47 Å². The molecule has 0 spiro atoms. The molecule has 33 heavy (non-hydrogen) atoms. The third-order valence-corrected chi connectivity index (χ3v) is 7.67. The van der Waals surface area contributed by atoms with Gasteiger partial charge in [0.05, 0.1) is 24.4 Å². The Morgan fingerprint density at radius 1 is 0.636 bits per heavy atom. The average molecular weight is 647 g/mol. The van der Waals surface area contributed by atoms with Gasteiger partial charge in [-0.05, 0) is 75.4 Å². The van der Waals surface area contributed by atoms with Crippen LogP contribution < -0.4 is 0 Å². The van der Waals surface area contributed by atoms with Crippen molar-refractivity contribution in [3.8, 4) is 0 Å². The Hall–Kier alpha value is -0.200. The van der Waals surface area contributed by atoms with Crippen LogP contribution in [0.5, 0.6) is 0 Å². The summed E-state index contributed by atoms with van der Waals surface area (Å²) < 4.78 is 13.1. The van der Waals surface area contributed by atoms with Gasteiger partial charge >= 0.3 is 0 Å². The van der Waals surface area contributed by atoms with Gasteiger partial charge in [-0.2, -0.15) is 0 Å². The first-order valence-electron chi connectivity index (χ1n) is 11.4. The molecular weight excluding hydrogens is 608 g/mol. The summed E-state index contributed by atoms with van der Waals surface area (Å²) >= 11 is 9.12. The highest BCUT2D eigenvalue weighted by Gasteiger charge is 2.39. The first-order chi connectivity index (χ1) is 15.1. The summed E-state index contributed by atoms with van der Waals surface area (Å²) in [5.74, 6) is 0. The number of benzene rings is 2. The van der Waals surface area contributed by atoms with E-state index in [2.05, 4.69) is 144 Å². The first-order valence-corrected chi connectivity index (χ1v) is 15.9. The van der Waals surface area contributed by atoms with Crippen molar-refractivity contribution in [1.82, 2.24) is 0 Å². The number of hydrogen-bond donors (Lipinski definition) is 0. The predicted molar refractivity (Wildman–Crippen MR) is 152 cm³/mol. The number of fused-ring (bicyclic) bond motifs is 2. The van der Waals surface area contributed by atoms with Crippen molar-refractivity contribution in [2.75, 3.05) is 13.2 Å². The monoisotopic (exact) mass is 644 g/mol. The maximum atomic E-state index is 5.99. The maximum absolute atomic E-state index is 5.99. The highest BCUT2D eigenvalue weighted by Crippen LogP contribution is 2.43. The Bertz CT molecular complexity index is 950. The van der Waals surface area contributed by atoms with Crippen LogP contribution in [-0.2, 0) is 31.5 Å². The van der Waals surface area contributed by atoms with E-state index in [9.17, 15) is 0 Å². The smallest absolute Gasteiger partial charge is 0.0878 e. The van der Waals surface area contributed by atoms with Crippen LogP contribution in [-0.4, -0.2) is 13.2 Å². The molecule has 184 valence electrons. The van der Waals surface area contributed by atoms with Gasteiger partial charge in [0, 0.05) is 43.6 Å². The minimum Gasteiger partial charge on any atom is -0.370 e. The van der Waals surface area contributed by atoms with E-state index in [1.165, 1.54) is 37.9 Å². The zero-order valence-corrected chi connectivity index (χ0v) is 26.5. The fourth-order valence-corrected chi connectivity index (χ4v) is 4.86. The molecule has 0 aliphatic carbocycles. The summed E-state index contributed by atoms with van der Waals surface area (Å²) in [5.41, 5.74) is 8.01. The molecule has 2 aromatic carbocycles. The van der Waals surface area contributed by atoms with Crippen LogP contribution in [0.4, 0.5) is 0 Å². The Kier molecular flexibility index (Phi) is 9.17. The number of ether oxygens (including phenoxy) is 2. The molecule has 2 aliphatic rings. The second kappa shape index (κ2) is 10.4. The van der Waals surface area contributed by atoms with Gasteiger partial charge in [-0.1, -0.05) is 73.5 Å². The normalized spacial score (nSPS) is 20.8. The summed E-state index contributed by atoms with van der Waals surface area (Å²) in [6.45, 7) is 23.4. The van der Waals surface area contributed by atoms with Gasteiger partial charge in [-0.15, -0.1) is 0 Å². The molecular formula is C28H39Br3O2. The summed E-state index contributed by atoms with van der Waals surface area (Å²) in [5, 5.41) is 0. The number of aryl methyl sites for hydroxylation is 2. The highest BCUT2D eigenvalue weighted by molar-refractivity contribution is 9.93. The van der Waals surface area contributed by atoms with Gasteiger partial charge in [-0.25, -0.2) is 0 Å². The lowest BCUT2D eigenvalue weighted by Gasteiger charge is -2.42. The molecule has 0 bridgehead atoms. The summed E-state index contributed by atoms with van der Waals surface area (Å²) in [6, 6.07) is 11.2. The summed E-state index contributed by atoms with van der Waals surface area (Å²) in [7, 11) is 0. The lowest BCUT2D eigenvalue weighted by molar-refractivity contribution is -0.0589. The van der Waals surface area contributed by atoms with E-state index in [1.807, 2.05) is 0 Å². The second-order valence-electron chi connectivity index (χ2n) is 11.6. The van der Waals surface area contributed by atoms with E-state index in [4.69, 9.17) is 9.47 Å². The molecule has 0 N–H and O–H groups in total. The van der Waals surface area contributed by atoms with Crippen molar-refractivity contribution >= 4 is 44.2 Å². The van der Waals surface area contributed by atoms with Crippen LogP contribution >= 0.6 is 44.2 Å². The zero-order valence-electron chi connectivity index (χ0n) is 21.8. The summed E-state index contributed by atoms with van der Waals surface area (Å²) in [4.78, 5) is 0. The molecule has 2 aromatic rings. The second-order valence-corrected chi connectivity index (χ2v) is 12.4. The quantitative estimate of drug-likeness (QED) is 0.284. The Labute approximate surface area is 225 Å². The van der Waals surface area contributed by atoms with E-state index >= 15 is 0 Å². The molecule has 2 nitrogen and oxygen atoms in total. The number of halogens is 3. The van der Waals surface area contributed by atoms with Crippen LogP contribution in [0.1, 0.15) is 88.8 Å². The molecule has 0 unspecified atom stereocenters. The lowest BCUT2D eigenvalue weighted by Crippen LogP contribution is -2.39. The van der Waals surface area contributed by atoms with Crippen molar-refractivity contribution < 1.29 is 9.47 Å². The zero-order chi connectivity index (χ0) is 25.4. The van der Waals surface area contributed by atoms with E-state index in [1.54, 1.807) is 0 Å². The molecule has 0 aromatic heterocycles. The molecule has 5 heteroatoms. The molecule has 0 saturated heterocycles. The molecule has 0 radical (unpaired) electrons. The van der Waals surface area contributed by atoms with E-state index in [0.717, 1.165) is 13.2 Å². The van der Waals surface area contributed by atoms with Crippen molar-refractivity contribution in [3.63, 3.8) is 0 Å². The molecule has 0 fully saturated rings. The minimum absolute atomic E-state index is 0.0983. The standard InChI is InChI=1S/C14H19BrO.C14H20O.Br2/c1-9-6-11-10(7-12(9)15)13(2,3)8-16-14(11,4)5;1-10-6-7-11-12(8-10)14(4,5)15-9-13(11,2)3;1-2/h6-7H,8H2,1-5H3;6-8H,9H2,1-5H3;. The van der Waals surface area contributed by atoms with Crippen molar-refractivity contribution in [1.29, 1.82) is 0 Å². The van der Waals surface area contributed by atoms with Gasteiger partial charge in [-0.3, -0.25) is 0 Å². The van der Waals surface area contributed by atoms with Crippen molar-refractivity contribution in [2.24, 2.45) is 0 Å². The van der Waals surface area contributed by atoms with Gasteiger partial charge in [0.15, 0.2) is 0 Å². The molecule has 2 aliphatic heterocycles. The van der Waals surface area contributed by atoms with Gasteiger partial charge in [0.2, 0.25) is 0 Å². The Morgan fingerprint density at radius 3 is 1.61 bits per heavy atom. The lowest BCUT2D eigenvalue weighted by atomic mass is 9.75. The van der Waals surface area contributed by atoms with E-state index < -0.39 is 0 Å². The van der Waals surface area contributed by atoms with Gasteiger partial charge in [0.1, 0.15) is 0 Å². The summed E-state index contributed by atoms with van der Waals surface area (Å²) in [6.07, 6.45) is 0. The molecule has 4 rings (SSSR count). The predicted octanol–water partition coefficient (Wildman–Crippen LogP) is 9.53. The van der Waals surface area contributed by atoms with Crippen LogP contribution in [0.2, 0.25) is 0 Å². The van der Waals surface area contributed by atoms with Crippen LogP contribution in [0.3, 0.4) is 0 Å². The van der Waals surface area contributed by atoms with Crippen LogP contribution in [0.15, 0.2) is 34.8 Å². The molecule has 0 atom stereocenters. The Balaban J connectivity index is 0.000000218. The van der Waals surface area contributed by atoms with Gasteiger partial charge in [0.25, 0.3) is 0 Å². The molecule has 0 amide bonds. The van der Waals surface area contributed by atoms with Crippen molar-refractivity contribution in [3.05, 3.63) is 68.2 Å². The topological polar surface area (TPSA) is 18.5 Å². The SMILES string of the molecule is BrBr.Cc1cc2c(cc1Br)C(C)(C)COC2(C)C.Cc1ccc2c(c1)C(C)(C)OCC2(C)C. The first kappa shape index (κ1) is 29.0. The fourth-order valence-electron chi connectivity index (χ4n) is 4.52. The third-order valence-electron chi connectivity index (χ3n) is 6.82. The van der Waals surface area contributed by atoms with Crippen molar-refractivity contribution in [2.45, 2.75) is 91.3 Å². The van der Waals surface area contributed by atoms with E-state index in [-0.39, 0.29) is 22.0 Å². The number of rotatable bonds is 0. The maximum Gasteiger partial charge on any atom is 0.0878 e. The highest BCUT2D eigenvalue weighted by atomic mass is 80.9. The van der Waals surface area contributed by atoms with Crippen LogP contribution in [0, 0.1) is 13.8 Å². The average Bonchev–Trinajstić information content (AvgIpc) is 2.73. The Morgan fingerprint density at radius 2 is 1.09 bits per heavy atom. The van der Waals surface area contributed by atoms with E-state index in [0.29, 0.717) is 0 Å². The largest absolute Gasteiger partial charge is 0.370 e. The molecule has 2 heterocycles. The third kappa shape index (κ3) is 6.33. The number of hydrogen-bond acceptors (Lipinski definition) is 2. The molecule has 0 saturated carbocycles. The minimum atomic E-state index is -0.170. The van der Waals surface area contributed by atoms with Crippen LogP contribution in [0.25, 0.3) is 0 Å². The fraction of sp³-hybridized carbons (Fsp3) is 0.571.